The molecule has 0 aliphatic rings. The van der Waals surface area contributed by atoms with Crippen LogP contribution in [0.2, 0.25) is 0 Å². The van der Waals surface area contributed by atoms with Gasteiger partial charge in [0.15, 0.2) is 16.5 Å². The van der Waals surface area contributed by atoms with Crippen molar-refractivity contribution in [2.75, 3.05) is 21.3 Å². The van der Waals surface area contributed by atoms with Crippen LogP contribution in [0.25, 0.3) is 16.1 Å². The fourth-order valence-electron chi connectivity index (χ4n) is 2.09. The Balaban J connectivity index is 2.67. The number of rotatable bonds is 4. The minimum atomic E-state index is -0.360. The molecule has 2 aromatic rings. The molecule has 2 rings (SSSR count). The van der Waals surface area contributed by atoms with E-state index < -0.39 is 0 Å². The number of benzene rings is 2. The van der Waals surface area contributed by atoms with Gasteiger partial charge in [0, 0.05) is 11.6 Å². The normalized spacial score (nSPS) is 9.81. The van der Waals surface area contributed by atoms with Crippen LogP contribution in [0.5, 0.6) is 23.0 Å². The molecule has 6 nitrogen and oxygen atoms in total. The summed E-state index contributed by atoms with van der Waals surface area (Å²) in [6.45, 7) is 0. The molecule has 0 unspecified atom stereocenters. The van der Waals surface area contributed by atoms with Crippen LogP contribution in [0.15, 0.2) is 30.3 Å². The van der Waals surface area contributed by atoms with Crippen LogP contribution in [-0.4, -0.2) is 21.3 Å². The Morgan fingerprint density at radius 2 is 1.67 bits per heavy atom. The Kier molecular flexibility index (Phi) is 4.14. The van der Waals surface area contributed by atoms with E-state index in [2.05, 4.69) is 4.98 Å². The third kappa shape index (κ3) is 2.54. The van der Waals surface area contributed by atoms with Crippen LogP contribution in [0.1, 0.15) is 0 Å². The van der Waals surface area contributed by atoms with Crippen molar-refractivity contribution < 1.29 is 19.3 Å². The second kappa shape index (κ2) is 6.01. The fraction of sp³-hybridized carbons (Fsp3) is 0.200. The summed E-state index contributed by atoms with van der Waals surface area (Å²) in [5.41, 5.74) is 1.32. The van der Waals surface area contributed by atoms with E-state index in [0.29, 0.717) is 28.4 Å². The van der Waals surface area contributed by atoms with E-state index in [1.54, 1.807) is 18.2 Å². The molecule has 0 spiro atoms. The van der Waals surface area contributed by atoms with E-state index >= 15 is 0 Å². The Morgan fingerprint density at radius 1 is 0.952 bits per heavy atom. The number of diazo groups is 1. The van der Waals surface area contributed by atoms with E-state index in [-0.39, 0.29) is 11.4 Å². The van der Waals surface area contributed by atoms with Gasteiger partial charge in [0.05, 0.1) is 21.3 Å². The molecule has 0 N–H and O–H groups in total. The molecule has 0 atom stereocenters. The topological polar surface area (TPSA) is 78.9 Å². The maximum atomic E-state index is 11.5. The van der Waals surface area contributed by atoms with Gasteiger partial charge in [-0.05, 0) is 23.4 Å². The maximum Gasteiger partial charge on any atom is 0.378 e. The van der Waals surface area contributed by atoms with E-state index in [1.165, 1.54) is 33.5 Å². The molecule has 0 amide bonds. The number of ether oxygens (including phenoxy) is 3. The van der Waals surface area contributed by atoms with Crippen molar-refractivity contribution in [2.24, 2.45) is 0 Å². The van der Waals surface area contributed by atoms with Crippen molar-refractivity contribution in [3.05, 3.63) is 35.3 Å². The highest BCUT2D eigenvalue weighted by molar-refractivity contribution is 5.79. The lowest BCUT2D eigenvalue weighted by molar-refractivity contribution is -0.266. The Hall–Kier alpha value is -2.94. The molecule has 0 saturated carbocycles. The first-order valence-corrected chi connectivity index (χ1v) is 6.11. The number of nitrogens with zero attached hydrogens (tertiary/aromatic N) is 2. The van der Waals surface area contributed by atoms with Gasteiger partial charge in [-0.1, -0.05) is 12.1 Å². The zero-order chi connectivity index (χ0) is 15.4. The van der Waals surface area contributed by atoms with Crippen LogP contribution >= 0.6 is 0 Å². The Morgan fingerprint density at radius 3 is 2.24 bits per heavy atom. The maximum absolute atomic E-state index is 11.5. The first kappa shape index (κ1) is 14.5. The minimum Gasteiger partial charge on any atom is -0.867 e. The quantitative estimate of drug-likeness (QED) is 0.807. The highest BCUT2D eigenvalue weighted by atomic mass is 16.5. The van der Waals surface area contributed by atoms with Gasteiger partial charge in [-0.3, -0.25) is 0 Å². The fourth-order valence-corrected chi connectivity index (χ4v) is 2.09. The van der Waals surface area contributed by atoms with Crippen LogP contribution in [0.4, 0.5) is 5.69 Å². The zero-order valence-electron chi connectivity index (χ0n) is 11.9. The van der Waals surface area contributed by atoms with Gasteiger partial charge in [-0.25, -0.2) is 0 Å². The minimum absolute atomic E-state index is 0.0377. The molecule has 2 aromatic carbocycles. The first-order chi connectivity index (χ1) is 10.2. The van der Waals surface area contributed by atoms with Gasteiger partial charge in [0.25, 0.3) is 0 Å². The Labute approximate surface area is 122 Å². The average Bonchev–Trinajstić information content (AvgIpc) is 2.53. The standard InChI is InChI=1S/C15H14N2O4/c1-19-13-7-5-10(14(20-2)15(13)21-3)9-4-6-12(18)11(8-9)17-16/h4-8H,1-3H3. The van der Waals surface area contributed by atoms with Crippen molar-refractivity contribution in [1.82, 2.24) is 0 Å². The molecule has 21 heavy (non-hydrogen) atoms. The van der Waals surface area contributed by atoms with E-state index in [1.807, 2.05) is 0 Å². The molecule has 0 aliphatic carbocycles. The van der Waals surface area contributed by atoms with E-state index in [9.17, 15) is 5.11 Å². The lowest BCUT2D eigenvalue weighted by Crippen LogP contribution is -1.97. The summed E-state index contributed by atoms with van der Waals surface area (Å²) in [6, 6.07) is 7.95. The summed E-state index contributed by atoms with van der Waals surface area (Å²) in [7, 11) is 4.56. The lowest BCUT2D eigenvalue weighted by atomic mass is 10.0. The highest BCUT2D eigenvalue weighted by Gasteiger charge is 2.18. The predicted molar refractivity (Wildman–Crippen MR) is 75.7 cm³/mol. The number of methoxy groups -OCH3 is 3. The SMILES string of the molecule is COc1ccc(-c2ccc([O-])c([N+]#N)c2)c(OC)c1OC. The summed E-state index contributed by atoms with van der Waals surface area (Å²) in [6.07, 6.45) is 0. The van der Waals surface area contributed by atoms with Crippen LogP contribution in [-0.2, 0) is 0 Å². The van der Waals surface area contributed by atoms with Crippen LogP contribution in [0, 0.1) is 5.39 Å². The summed E-state index contributed by atoms with van der Waals surface area (Å²) in [5.74, 6) is 1.09. The first-order valence-electron chi connectivity index (χ1n) is 6.11. The molecule has 108 valence electrons. The summed E-state index contributed by atoms with van der Waals surface area (Å²) in [4.78, 5) is 2.98. The second-order valence-electron chi connectivity index (χ2n) is 4.16. The summed E-state index contributed by atoms with van der Waals surface area (Å²) >= 11 is 0. The zero-order valence-corrected chi connectivity index (χ0v) is 11.9. The molecular formula is C15H14N2O4. The summed E-state index contributed by atoms with van der Waals surface area (Å²) in [5, 5.41) is 20.3. The van der Waals surface area contributed by atoms with Gasteiger partial charge >= 0.3 is 5.69 Å². The third-order valence-electron chi connectivity index (χ3n) is 3.08. The molecule has 0 saturated heterocycles. The highest BCUT2D eigenvalue weighted by Crippen LogP contribution is 2.45. The second-order valence-corrected chi connectivity index (χ2v) is 4.16. The molecule has 0 aromatic heterocycles. The molecule has 0 heterocycles. The molecule has 0 aliphatic heterocycles. The van der Waals surface area contributed by atoms with Crippen molar-refractivity contribution in [3.63, 3.8) is 0 Å². The third-order valence-corrected chi connectivity index (χ3v) is 3.08. The van der Waals surface area contributed by atoms with Gasteiger partial charge in [-0.2, -0.15) is 0 Å². The van der Waals surface area contributed by atoms with E-state index in [0.717, 1.165) is 0 Å². The van der Waals surface area contributed by atoms with Crippen molar-refractivity contribution in [1.29, 1.82) is 5.39 Å². The summed E-state index contributed by atoms with van der Waals surface area (Å²) < 4.78 is 15.9. The van der Waals surface area contributed by atoms with Crippen LogP contribution < -0.4 is 19.3 Å². The monoisotopic (exact) mass is 286 g/mol. The average molecular weight is 286 g/mol. The van der Waals surface area contributed by atoms with E-state index in [4.69, 9.17) is 19.6 Å². The molecule has 0 bridgehead atoms. The molecule has 0 fully saturated rings. The molecule has 6 heteroatoms. The van der Waals surface area contributed by atoms with Gasteiger partial charge in [0.2, 0.25) is 11.1 Å². The Bertz CT molecular complexity index is 708. The van der Waals surface area contributed by atoms with Gasteiger partial charge in [-0.15, -0.1) is 0 Å². The van der Waals surface area contributed by atoms with Crippen molar-refractivity contribution in [3.8, 4) is 34.1 Å². The number of hydrogen-bond acceptors (Lipinski definition) is 5. The molecule has 0 radical (unpaired) electrons. The van der Waals surface area contributed by atoms with Crippen molar-refractivity contribution in [2.45, 2.75) is 0 Å². The van der Waals surface area contributed by atoms with Crippen LogP contribution in [0.3, 0.4) is 0 Å². The van der Waals surface area contributed by atoms with Crippen molar-refractivity contribution >= 4 is 5.69 Å². The molecular weight excluding hydrogens is 272 g/mol. The predicted octanol–water partition coefficient (Wildman–Crippen LogP) is 2.94. The number of hydrogen-bond donors (Lipinski definition) is 0. The largest absolute Gasteiger partial charge is 0.867 e. The van der Waals surface area contributed by atoms with Gasteiger partial charge < -0.3 is 19.3 Å². The van der Waals surface area contributed by atoms with Gasteiger partial charge in [0.1, 0.15) is 0 Å². The lowest BCUT2D eigenvalue weighted by Gasteiger charge is -2.16. The smallest absolute Gasteiger partial charge is 0.378 e.